The normalized spacial score (nSPS) is 11.9. The van der Waals surface area contributed by atoms with Gasteiger partial charge < -0.3 is 11.1 Å². The highest BCUT2D eigenvalue weighted by Crippen LogP contribution is 2.31. The second-order valence-electron chi connectivity index (χ2n) is 4.48. The lowest BCUT2D eigenvalue weighted by Crippen LogP contribution is -2.19. The summed E-state index contributed by atoms with van der Waals surface area (Å²) in [6.07, 6.45) is 0. The minimum atomic E-state index is -0.301. The topological polar surface area (TPSA) is 55.1 Å². The summed E-state index contributed by atoms with van der Waals surface area (Å²) in [7, 11) is 0. The SMILES string of the molecule is CC(C(=O)Nc1cccc(Cl)c1Br)c1cccc(N)c1. The molecular formula is C15H14BrClN2O. The summed E-state index contributed by atoms with van der Waals surface area (Å²) in [5, 5.41) is 3.41. The fourth-order valence-electron chi connectivity index (χ4n) is 1.82. The molecule has 1 unspecified atom stereocenters. The van der Waals surface area contributed by atoms with Crippen molar-refractivity contribution in [2.45, 2.75) is 12.8 Å². The van der Waals surface area contributed by atoms with Gasteiger partial charge in [0.25, 0.3) is 0 Å². The fraction of sp³-hybridized carbons (Fsp3) is 0.133. The van der Waals surface area contributed by atoms with Crippen LogP contribution in [-0.2, 0) is 4.79 Å². The molecule has 0 fully saturated rings. The Labute approximate surface area is 131 Å². The maximum atomic E-state index is 12.3. The van der Waals surface area contributed by atoms with Crippen LogP contribution in [0.4, 0.5) is 11.4 Å². The van der Waals surface area contributed by atoms with Crippen molar-refractivity contribution in [3.63, 3.8) is 0 Å². The van der Waals surface area contributed by atoms with E-state index in [1.807, 2.05) is 19.1 Å². The number of hydrogen-bond acceptors (Lipinski definition) is 2. The number of carbonyl (C=O) groups excluding carboxylic acids is 1. The second kappa shape index (κ2) is 6.29. The van der Waals surface area contributed by atoms with E-state index in [-0.39, 0.29) is 11.8 Å². The van der Waals surface area contributed by atoms with E-state index in [2.05, 4.69) is 21.2 Å². The van der Waals surface area contributed by atoms with Gasteiger partial charge in [0.1, 0.15) is 0 Å². The van der Waals surface area contributed by atoms with Gasteiger partial charge in [-0.25, -0.2) is 0 Å². The first-order valence-electron chi connectivity index (χ1n) is 6.09. The van der Waals surface area contributed by atoms with Crippen molar-refractivity contribution >= 4 is 44.8 Å². The zero-order valence-electron chi connectivity index (χ0n) is 10.9. The minimum absolute atomic E-state index is 0.112. The van der Waals surface area contributed by atoms with Crippen LogP contribution in [0, 0.1) is 0 Å². The van der Waals surface area contributed by atoms with Crippen LogP contribution in [0.2, 0.25) is 5.02 Å². The second-order valence-corrected chi connectivity index (χ2v) is 5.68. The van der Waals surface area contributed by atoms with Gasteiger partial charge in [0.15, 0.2) is 0 Å². The molecule has 0 aliphatic carbocycles. The van der Waals surface area contributed by atoms with Gasteiger partial charge in [0.05, 0.1) is 21.1 Å². The van der Waals surface area contributed by atoms with Crippen molar-refractivity contribution < 1.29 is 4.79 Å². The Morgan fingerprint density at radius 1 is 1.30 bits per heavy atom. The van der Waals surface area contributed by atoms with E-state index in [4.69, 9.17) is 17.3 Å². The number of anilines is 2. The summed E-state index contributed by atoms with van der Waals surface area (Å²) in [5.41, 5.74) is 7.91. The summed E-state index contributed by atoms with van der Waals surface area (Å²) in [6.45, 7) is 1.84. The van der Waals surface area contributed by atoms with Gasteiger partial charge in [0, 0.05) is 5.69 Å². The summed E-state index contributed by atoms with van der Waals surface area (Å²) in [6, 6.07) is 12.6. The highest BCUT2D eigenvalue weighted by Gasteiger charge is 2.17. The molecule has 0 aliphatic rings. The molecule has 0 heterocycles. The van der Waals surface area contributed by atoms with Crippen molar-refractivity contribution in [3.05, 3.63) is 57.5 Å². The molecule has 5 heteroatoms. The van der Waals surface area contributed by atoms with Crippen molar-refractivity contribution in [1.29, 1.82) is 0 Å². The Balaban J connectivity index is 2.18. The monoisotopic (exact) mass is 352 g/mol. The Kier molecular flexibility index (Phi) is 4.68. The lowest BCUT2D eigenvalue weighted by molar-refractivity contribution is -0.117. The van der Waals surface area contributed by atoms with Gasteiger partial charge in [0.2, 0.25) is 5.91 Å². The molecule has 2 aromatic rings. The van der Waals surface area contributed by atoms with Gasteiger partial charge in [-0.3, -0.25) is 4.79 Å². The van der Waals surface area contributed by atoms with E-state index in [9.17, 15) is 4.79 Å². The molecule has 2 rings (SSSR count). The molecule has 2 aromatic carbocycles. The zero-order valence-corrected chi connectivity index (χ0v) is 13.2. The molecule has 104 valence electrons. The van der Waals surface area contributed by atoms with Crippen molar-refractivity contribution in [1.82, 2.24) is 0 Å². The van der Waals surface area contributed by atoms with Gasteiger partial charge in [-0.2, -0.15) is 0 Å². The molecule has 0 aromatic heterocycles. The first-order chi connectivity index (χ1) is 9.49. The number of halogens is 2. The van der Waals surface area contributed by atoms with Gasteiger partial charge in [-0.05, 0) is 52.7 Å². The number of nitrogens with one attached hydrogen (secondary N) is 1. The van der Waals surface area contributed by atoms with E-state index >= 15 is 0 Å². The quantitative estimate of drug-likeness (QED) is 0.802. The molecule has 3 nitrogen and oxygen atoms in total. The highest BCUT2D eigenvalue weighted by molar-refractivity contribution is 9.10. The van der Waals surface area contributed by atoms with E-state index in [1.54, 1.807) is 30.3 Å². The van der Waals surface area contributed by atoms with Crippen LogP contribution in [0.15, 0.2) is 46.9 Å². The van der Waals surface area contributed by atoms with Gasteiger partial charge >= 0.3 is 0 Å². The number of benzene rings is 2. The number of rotatable bonds is 3. The molecule has 0 spiro atoms. The van der Waals surface area contributed by atoms with E-state index in [0.29, 0.717) is 20.9 Å². The van der Waals surface area contributed by atoms with E-state index < -0.39 is 0 Å². The molecule has 0 saturated carbocycles. The molecule has 1 amide bonds. The largest absolute Gasteiger partial charge is 0.399 e. The molecule has 1 atom stereocenters. The third-order valence-electron chi connectivity index (χ3n) is 3.01. The van der Waals surface area contributed by atoms with Crippen LogP contribution in [0.3, 0.4) is 0 Å². The first-order valence-corrected chi connectivity index (χ1v) is 7.26. The Hall–Kier alpha value is -1.52. The van der Waals surface area contributed by atoms with E-state index in [0.717, 1.165) is 5.56 Å². The van der Waals surface area contributed by atoms with Crippen LogP contribution in [0.1, 0.15) is 18.4 Å². The molecule has 0 saturated heterocycles. The van der Waals surface area contributed by atoms with Gasteiger partial charge in [-0.15, -0.1) is 0 Å². The first kappa shape index (κ1) is 14.9. The summed E-state index contributed by atoms with van der Waals surface area (Å²) in [4.78, 5) is 12.3. The molecule has 0 bridgehead atoms. The van der Waals surface area contributed by atoms with E-state index in [1.165, 1.54) is 0 Å². The van der Waals surface area contributed by atoms with Crippen LogP contribution < -0.4 is 11.1 Å². The minimum Gasteiger partial charge on any atom is -0.399 e. The highest BCUT2D eigenvalue weighted by atomic mass is 79.9. The summed E-state index contributed by atoms with van der Waals surface area (Å²) >= 11 is 9.36. The average Bonchev–Trinajstić information content (AvgIpc) is 2.43. The van der Waals surface area contributed by atoms with Crippen LogP contribution in [-0.4, -0.2) is 5.91 Å². The Morgan fingerprint density at radius 3 is 2.70 bits per heavy atom. The predicted octanol–water partition coefficient (Wildman–Crippen LogP) is 4.43. The Bertz CT molecular complexity index is 646. The maximum absolute atomic E-state index is 12.3. The molecule has 0 radical (unpaired) electrons. The molecule has 20 heavy (non-hydrogen) atoms. The smallest absolute Gasteiger partial charge is 0.231 e. The van der Waals surface area contributed by atoms with Crippen molar-refractivity contribution in [2.24, 2.45) is 0 Å². The summed E-state index contributed by atoms with van der Waals surface area (Å²) in [5.74, 6) is -0.414. The zero-order chi connectivity index (χ0) is 14.7. The fourth-order valence-corrected chi connectivity index (χ4v) is 2.36. The average molecular weight is 354 g/mol. The third kappa shape index (κ3) is 3.32. The maximum Gasteiger partial charge on any atom is 0.231 e. The number of carbonyl (C=O) groups is 1. The summed E-state index contributed by atoms with van der Waals surface area (Å²) < 4.78 is 0.676. The number of amides is 1. The predicted molar refractivity (Wildman–Crippen MR) is 87.1 cm³/mol. The molecular weight excluding hydrogens is 340 g/mol. The standard InChI is InChI=1S/C15H14BrClN2O/c1-9(10-4-2-5-11(18)8-10)15(20)19-13-7-3-6-12(17)14(13)16/h2-9H,18H2,1H3,(H,19,20). The van der Waals surface area contributed by atoms with Crippen LogP contribution in [0.25, 0.3) is 0 Å². The number of hydrogen-bond donors (Lipinski definition) is 2. The van der Waals surface area contributed by atoms with Gasteiger partial charge in [-0.1, -0.05) is 29.8 Å². The van der Waals surface area contributed by atoms with Crippen molar-refractivity contribution in [3.8, 4) is 0 Å². The lowest BCUT2D eigenvalue weighted by atomic mass is 10.00. The lowest BCUT2D eigenvalue weighted by Gasteiger charge is -2.14. The molecule has 0 aliphatic heterocycles. The number of nitrogens with two attached hydrogens (primary N) is 1. The van der Waals surface area contributed by atoms with Crippen molar-refractivity contribution in [2.75, 3.05) is 11.1 Å². The number of nitrogen functional groups attached to an aromatic ring is 1. The third-order valence-corrected chi connectivity index (χ3v) is 4.41. The molecule has 3 N–H and O–H groups in total. The Morgan fingerprint density at radius 2 is 2.00 bits per heavy atom. The van der Waals surface area contributed by atoms with Crippen LogP contribution >= 0.6 is 27.5 Å². The van der Waals surface area contributed by atoms with Crippen LogP contribution in [0.5, 0.6) is 0 Å².